The average Bonchev–Trinajstić information content (AvgIpc) is 2.84. The van der Waals surface area contributed by atoms with Gasteiger partial charge in [-0.25, -0.2) is 8.42 Å². The van der Waals surface area contributed by atoms with Crippen molar-refractivity contribution in [2.75, 3.05) is 7.05 Å². The van der Waals surface area contributed by atoms with Crippen molar-refractivity contribution in [3.63, 3.8) is 0 Å². The van der Waals surface area contributed by atoms with Crippen molar-refractivity contribution in [3.05, 3.63) is 50.1 Å². The highest BCUT2D eigenvalue weighted by Gasteiger charge is 2.22. The second-order valence-electron chi connectivity index (χ2n) is 4.42. The van der Waals surface area contributed by atoms with Crippen molar-refractivity contribution in [2.45, 2.75) is 18.0 Å². The summed E-state index contributed by atoms with van der Waals surface area (Å²) in [5.41, 5.74) is 6.16. The van der Waals surface area contributed by atoms with Crippen LogP contribution in [0.15, 0.2) is 35.2 Å². The summed E-state index contributed by atoms with van der Waals surface area (Å²) >= 11 is 13.2. The average molecular weight is 365 g/mol. The molecule has 1 aromatic heterocycles. The molecule has 21 heavy (non-hydrogen) atoms. The monoisotopic (exact) mass is 364 g/mol. The second-order valence-corrected chi connectivity index (χ2v) is 8.68. The van der Waals surface area contributed by atoms with Crippen molar-refractivity contribution in [3.8, 4) is 0 Å². The zero-order valence-electron chi connectivity index (χ0n) is 11.2. The van der Waals surface area contributed by atoms with Gasteiger partial charge >= 0.3 is 0 Å². The fourth-order valence-corrected chi connectivity index (χ4v) is 4.41. The van der Waals surface area contributed by atoms with E-state index >= 15 is 0 Å². The number of sulfonamides is 1. The molecule has 0 atom stereocenters. The zero-order valence-corrected chi connectivity index (χ0v) is 14.4. The Bertz CT molecular complexity index is 744. The first-order chi connectivity index (χ1) is 9.84. The van der Waals surface area contributed by atoms with Crippen molar-refractivity contribution in [1.82, 2.24) is 4.31 Å². The van der Waals surface area contributed by atoms with Crippen LogP contribution in [0.25, 0.3) is 0 Å². The quantitative estimate of drug-likeness (QED) is 0.884. The molecule has 0 aliphatic rings. The van der Waals surface area contributed by atoms with Crippen LogP contribution in [0.3, 0.4) is 0 Å². The number of hydrogen-bond donors (Lipinski definition) is 1. The number of benzene rings is 1. The van der Waals surface area contributed by atoms with E-state index in [-0.39, 0.29) is 18.0 Å². The van der Waals surface area contributed by atoms with E-state index in [1.807, 2.05) is 6.07 Å². The highest BCUT2D eigenvalue weighted by atomic mass is 35.5. The fourth-order valence-electron chi connectivity index (χ4n) is 1.79. The van der Waals surface area contributed by atoms with Gasteiger partial charge in [-0.15, -0.1) is 11.3 Å². The number of nitrogens with two attached hydrogens (primary N) is 1. The van der Waals surface area contributed by atoms with Crippen LogP contribution < -0.4 is 5.73 Å². The van der Waals surface area contributed by atoms with E-state index in [2.05, 4.69) is 0 Å². The maximum Gasteiger partial charge on any atom is 0.243 e. The van der Waals surface area contributed by atoms with Crippen LogP contribution in [0.2, 0.25) is 9.36 Å². The van der Waals surface area contributed by atoms with Crippen molar-refractivity contribution in [1.29, 1.82) is 0 Å². The largest absolute Gasteiger partial charge is 0.326 e. The number of nitrogens with zero attached hydrogens (tertiary/aromatic N) is 1. The number of rotatable bonds is 5. The van der Waals surface area contributed by atoms with E-state index < -0.39 is 10.0 Å². The summed E-state index contributed by atoms with van der Waals surface area (Å²) in [4.78, 5) is 1.05. The molecule has 0 fully saturated rings. The molecule has 4 nitrogen and oxygen atoms in total. The molecular formula is C13H14Cl2N2O2S2. The number of thiophene rings is 1. The molecule has 8 heteroatoms. The fraction of sp³-hybridized carbons (Fsp3) is 0.231. The molecule has 0 aliphatic heterocycles. The topological polar surface area (TPSA) is 63.4 Å². The Morgan fingerprint density at radius 2 is 1.95 bits per heavy atom. The summed E-state index contributed by atoms with van der Waals surface area (Å²) in [6.45, 7) is 0.451. The molecular weight excluding hydrogens is 351 g/mol. The summed E-state index contributed by atoms with van der Waals surface area (Å²) < 4.78 is 27.0. The Balaban J connectivity index is 2.28. The van der Waals surface area contributed by atoms with Gasteiger partial charge in [0.25, 0.3) is 0 Å². The van der Waals surface area contributed by atoms with Crippen LogP contribution in [0.4, 0.5) is 0 Å². The Morgan fingerprint density at radius 1 is 1.24 bits per heavy atom. The Labute approximate surface area is 138 Å². The molecule has 0 aliphatic carbocycles. The smallest absolute Gasteiger partial charge is 0.243 e. The predicted molar refractivity (Wildman–Crippen MR) is 87.3 cm³/mol. The van der Waals surface area contributed by atoms with Gasteiger partial charge in [0.05, 0.1) is 9.23 Å². The molecule has 2 N–H and O–H groups in total. The number of halogens is 2. The molecule has 0 spiro atoms. The molecule has 0 radical (unpaired) electrons. The first-order valence-electron chi connectivity index (χ1n) is 6.03. The summed E-state index contributed by atoms with van der Waals surface area (Å²) in [5.74, 6) is 0. The third-order valence-corrected chi connectivity index (χ3v) is 6.34. The molecule has 114 valence electrons. The molecule has 2 aromatic rings. The number of hydrogen-bond acceptors (Lipinski definition) is 4. The van der Waals surface area contributed by atoms with Crippen LogP contribution in [-0.2, 0) is 23.1 Å². The third-order valence-electron chi connectivity index (χ3n) is 2.95. The van der Waals surface area contributed by atoms with E-state index in [0.29, 0.717) is 14.9 Å². The molecule has 0 saturated heterocycles. The van der Waals surface area contributed by atoms with Gasteiger partial charge in [-0.05, 0) is 35.9 Å². The van der Waals surface area contributed by atoms with Gasteiger partial charge in [-0.3, -0.25) is 0 Å². The zero-order chi connectivity index (χ0) is 15.6. The molecule has 0 bridgehead atoms. The maximum absolute atomic E-state index is 12.5. The lowest BCUT2D eigenvalue weighted by Gasteiger charge is -2.17. The van der Waals surface area contributed by atoms with E-state index in [1.54, 1.807) is 12.1 Å². The summed E-state index contributed by atoms with van der Waals surface area (Å²) in [5, 5.41) is 0.462. The predicted octanol–water partition coefficient (Wildman–Crippen LogP) is 3.33. The minimum atomic E-state index is -3.59. The molecule has 0 amide bonds. The van der Waals surface area contributed by atoms with Gasteiger partial charge in [-0.2, -0.15) is 4.31 Å². The Hall–Kier alpha value is -0.630. The van der Waals surface area contributed by atoms with Crippen LogP contribution >= 0.6 is 34.5 Å². The lowest BCUT2D eigenvalue weighted by atomic mass is 10.2. The molecule has 0 unspecified atom stereocenters. The minimum Gasteiger partial charge on any atom is -0.326 e. The highest BCUT2D eigenvalue weighted by Crippen LogP contribution is 2.26. The first kappa shape index (κ1) is 16.7. The van der Waals surface area contributed by atoms with Gasteiger partial charge in [0.2, 0.25) is 10.0 Å². The van der Waals surface area contributed by atoms with Crippen LogP contribution in [0.1, 0.15) is 10.4 Å². The SMILES string of the molecule is CN(Cc1ccc(Cl)s1)S(=O)(=O)c1ccc(Cl)c(CN)c1. The van der Waals surface area contributed by atoms with E-state index in [0.717, 1.165) is 4.88 Å². The highest BCUT2D eigenvalue weighted by molar-refractivity contribution is 7.89. The van der Waals surface area contributed by atoms with Crippen molar-refractivity contribution in [2.24, 2.45) is 5.73 Å². The third kappa shape index (κ3) is 3.77. The lowest BCUT2D eigenvalue weighted by Crippen LogP contribution is -2.26. The maximum atomic E-state index is 12.5. The molecule has 0 saturated carbocycles. The summed E-state index contributed by atoms with van der Waals surface area (Å²) in [7, 11) is -2.07. The van der Waals surface area contributed by atoms with Gasteiger partial charge in [0.15, 0.2) is 0 Å². The normalized spacial score (nSPS) is 12.0. The van der Waals surface area contributed by atoms with Gasteiger partial charge < -0.3 is 5.73 Å². The Morgan fingerprint density at radius 3 is 2.52 bits per heavy atom. The lowest BCUT2D eigenvalue weighted by molar-refractivity contribution is 0.469. The summed E-state index contributed by atoms with van der Waals surface area (Å²) in [6.07, 6.45) is 0. The molecule has 1 aromatic carbocycles. The van der Waals surface area contributed by atoms with E-state index in [4.69, 9.17) is 28.9 Å². The van der Waals surface area contributed by atoms with Crippen LogP contribution in [0.5, 0.6) is 0 Å². The molecule has 2 rings (SSSR count). The first-order valence-corrected chi connectivity index (χ1v) is 9.05. The van der Waals surface area contributed by atoms with Gasteiger partial charge in [0.1, 0.15) is 0 Å². The summed E-state index contributed by atoms with van der Waals surface area (Å²) in [6, 6.07) is 8.10. The second kappa shape index (κ2) is 6.64. The van der Waals surface area contributed by atoms with Crippen LogP contribution in [-0.4, -0.2) is 19.8 Å². The van der Waals surface area contributed by atoms with Crippen molar-refractivity contribution >= 4 is 44.6 Å². The standard InChI is InChI=1S/C13H14Cl2N2O2S2/c1-17(8-10-2-5-13(15)20-10)21(18,19)11-3-4-12(14)9(6-11)7-16/h2-6H,7-8,16H2,1H3. The Kier molecular flexibility index (Phi) is 5.29. The van der Waals surface area contributed by atoms with E-state index in [9.17, 15) is 8.42 Å². The van der Waals surface area contributed by atoms with Crippen molar-refractivity contribution < 1.29 is 8.42 Å². The van der Waals surface area contributed by atoms with Gasteiger partial charge in [0, 0.05) is 30.0 Å². The van der Waals surface area contributed by atoms with Gasteiger partial charge in [-0.1, -0.05) is 23.2 Å². The molecule has 1 heterocycles. The van der Waals surface area contributed by atoms with Crippen LogP contribution in [0, 0.1) is 0 Å². The van der Waals surface area contributed by atoms with E-state index in [1.165, 1.54) is 34.8 Å². The minimum absolute atomic E-state index is 0.178.